The molecule has 4 heteroatoms. The van der Waals surface area contributed by atoms with E-state index in [0.29, 0.717) is 23.9 Å². The monoisotopic (exact) mass is 356 g/mol. The number of nitrogens with zero attached hydrogens (tertiary/aromatic N) is 1. The number of carboxylic acids is 1. The Kier molecular flexibility index (Phi) is 13.8. The van der Waals surface area contributed by atoms with Crippen LogP contribution in [0.3, 0.4) is 0 Å². The molecule has 25 heavy (non-hydrogen) atoms. The number of carboxylic acid groups (broad SMARTS) is 1. The maximum absolute atomic E-state index is 12.0. The van der Waals surface area contributed by atoms with Gasteiger partial charge in [0.15, 0.2) is 6.04 Å². The molecule has 0 aliphatic rings. The molecular formula is C21H42NO3+. The van der Waals surface area contributed by atoms with E-state index in [0.717, 1.165) is 58.0 Å². The quantitative estimate of drug-likeness (QED) is 0.309. The van der Waals surface area contributed by atoms with Crippen molar-refractivity contribution in [2.45, 2.75) is 97.6 Å². The van der Waals surface area contributed by atoms with E-state index in [2.05, 4.69) is 39.8 Å². The van der Waals surface area contributed by atoms with Crippen molar-refractivity contribution in [2.24, 2.45) is 0 Å². The third-order valence-electron chi connectivity index (χ3n) is 5.07. The smallest absolute Gasteiger partial charge is 0.362 e. The molecule has 0 rings (SSSR count). The van der Waals surface area contributed by atoms with Crippen molar-refractivity contribution in [1.82, 2.24) is 0 Å². The fourth-order valence-electron chi connectivity index (χ4n) is 3.67. The molecule has 0 aliphatic heterocycles. The van der Waals surface area contributed by atoms with Gasteiger partial charge in [0.25, 0.3) is 0 Å². The molecule has 0 aromatic heterocycles. The summed E-state index contributed by atoms with van der Waals surface area (Å²) in [5.41, 5.74) is 0. The molecule has 2 atom stereocenters. The van der Waals surface area contributed by atoms with Gasteiger partial charge in [0.05, 0.1) is 13.1 Å². The summed E-state index contributed by atoms with van der Waals surface area (Å²) < 4.78 is 0.545. The average Bonchev–Trinajstić information content (AvgIpc) is 2.59. The topological polar surface area (TPSA) is 57.5 Å². The van der Waals surface area contributed by atoms with E-state index >= 15 is 0 Å². The summed E-state index contributed by atoms with van der Waals surface area (Å²) in [4.78, 5) is 12.0. The molecule has 0 saturated carbocycles. The second-order valence-corrected chi connectivity index (χ2v) is 7.31. The van der Waals surface area contributed by atoms with Gasteiger partial charge in [-0.1, -0.05) is 52.7 Å². The molecule has 2 unspecified atom stereocenters. The Morgan fingerprint density at radius 2 is 1.56 bits per heavy atom. The number of rotatable bonds is 16. The summed E-state index contributed by atoms with van der Waals surface area (Å²) in [5.74, 6) is -0.702. The molecule has 0 radical (unpaired) electrons. The number of carbonyl (C=O) groups is 1. The summed E-state index contributed by atoms with van der Waals surface area (Å²) in [6.45, 7) is 10.7. The van der Waals surface area contributed by atoms with Crippen LogP contribution in [0.25, 0.3) is 0 Å². The van der Waals surface area contributed by atoms with E-state index in [4.69, 9.17) is 0 Å². The predicted octanol–water partition coefficient (Wildman–Crippen LogP) is 4.76. The van der Waals surface area contributed by atoms with Gasteiger partial charge in [-0.3, -0.25) is 0 Å². The number of aliphatic hydroxyl groups is 1. The van der Waals surface area contributed by atoms with Crippen molar-refractivity contribution in [1.29, 1.82) is 0 Å². The highest BCUT2D eigenvalue weighted by atomic mass is 16.4. The summed E-state index contributed by atoms with van der Waals surface area (Å²) in [7, 11) is 0. The standard InChI is InChI=1S/C21H41NO3/c1-5-9-12-13-15-19(23)18-22(16-10-6-2,17-11-7-3)20(14-8-4)21(24)25/h9,12,19-20,23H,5-8,10-11,13-18H2,1-4H3/p+1/b12-9+. The van der Waals surface area contributed by atoms with Crippen molar-refractivity contribution in [2.75, 3.05) is 19.6 Å². The van der Waals surface area contributed by atoms with Crippen molar-refractivity contribution in [3.63, 3.8) is 0 Å². The lowest BCUT2D eigenvalue weighted by Gasteiger charge is -2.44. The summed E-state index contributed by atoms with van der Waals surface area (Å²) in [6.07, 6.45) is 12.1. The molecule has 2 N–H and O–H groups in total. The Bertz CT molecular complexity index is 360. The van der Waals surface area contributed by atoms with Gasteiger partial charge in [-0.05, 0) is 38.5 Å². The van der Waals surface area contributed by atoms with Gasteiger partial charge in [-0.2, -0.15) is 0 Å². The number of hydrogen-bond donors (Lipinski definition) is 2. The summed E-state index contributed by atoms with van der Waals surface area (Å²) in [6, 6.07) is -0.399. The van der Waals surface area contributed by atoms with Gasteiger partial charge in [0.1, 0.15) is 12.6 Å². The number of aliphatic carboxylic acids is 1. The molecule has 0 fully saturated rings. The van der Waals surface area contributed by atoms with Crippen LogP contribution in [0.2, 0.25) is 0 Å². The lowest BCUT2D eigenvalue weighted by molar-refractivity contribution is -0.946. The van der Waals surface area contributed by atoms with Crippen LogP contribution in [-0.4, -0.2) is 52.4 Å². The SMILES string of the molecule is CC/C=C/CCC(O)C[N+](CCCC)(CCCC)C(CCC)C(=O)O. The van der Waals surface area contributed by atoms with Crippen LogP contribution < -0.4 is 0 Å². The first kappa shape index (κ1) is 24.1. The van der Waals surface area contributed by atoms with E-state index in [-0.39, 0.29) is 0 Å². The second-order valence-electron chi connectivity index (χ2n) is 7.31. The highest BCUT2D eigenvalue weighted by molar-refractivity contribution is 5.72. The van der Waals surface area contributed by atoms with Gasteiger partial charge < -0.3 is 14.7 Å². The van der Waals surface area contributed by atoms with Crippen molar-refractivity contribution in [3.8, 4) is 0 Å². The normalized spacial score (nSPS) is 14.8. The zero-order chi connectivity index (χ0) is 19.1. The van der Waals surface area contributed by atoms with Crippen LogP contribution in [0.5, 0.6) is 0 Å². The molecule has 0 amide bonds. The minimum absolute atomic E-state index is 0.399. The number of aliphatic hydroxyl groups excluding tert-OH is 1. The van der Waals surface area contributed by atoms with Crippen LogP contribution >= 0.6 is 0 Å². The highest BCUT2D eigenvalue weighted by Gasteiger charge is 2.41. The Balaban J connectivity index is 5.33. The van der Waals surface area contributed by atoms with Gasteiger partial charge >= 0.3 is 5.97 Å². The predicted molar refractivity (Wildman–Crippen MR) is 106 cm³/mol. The molecule has 148 valence electrons. The summed E-state index contributed by atoms with van der Waals surface area (Å²) >= 11 is 0. The molecule has 0 heterocycles. The van der Waals surface area contributed by atoms with Crippen molar-refractivity contribution in [3.05, 3.63) is 12.2 Å². The maximum atomic E-state index is 12.0. The average molecular weight is 357 g/mol. The molecule has 0 bridgehead atoms. The fourth-order valence-corrected chi connectivity index (χ4v) is 3.67. The Morgan fingerprint density at radius 3 is 2.00 bits per heavy atom. The largest absolute Gasteiger partial charge is 0.477 e. The highest BCUT2D eigenvalue weighted by Crippen LogP contribution is 2.24. The van der Waals surface area contributed by atoms with Gasteiger partial charge in [-0.15, -0.1) is 0 Å². The molecule has 0 aromatic carbocycles. The molecule has 0 aliphatic carbocycles. The molecular weight excluding hydrogens is 314 g/mol. The first-order valence-electron chi connectivity index (χ1n) is 10.4. The maximum Gasteiger partial charge on any atom is 0.362 e. The van der Waals surface area contributed by atoms with E-state index < -0.39 is 18.1 Å². The van der Waals surface area contributed by atoms with Crippen LogP contribution in [-0.2, 0) is 4.79 Å². The number of unbranched alkanes of at least 4 members (excludes halogenated alkanes) is 2. The number of quaternary nitrogens is 1. The Morgan fingerprint density at radius 1 is 0.960 bits per heavy atom. The third-order valence-corrected chi connectivity index (χ3v) is 5.07. The second kappa shape index (κ2) is 14.3. The molecule has 0 spiro atoms. The van der Waals surface area contributed by atoms with Gasteiger partial charge in [0, 0.05) is 6.42 Å². The van der Waals surface area contributed by atoms with Crippen molar-refractivity contribution >= 4 is 5.97 Å². The molecule has 4 nitrogen and oxygen atoms in total. The van der Waals surface area contributed by atoms with Crippen LogP contribution in [0.15, 0.2) is 12.2 Å². The lowest BCUT2D eigenvalue weighted by Crippen LogP contribution is -2.62. The molecule has 0 saturated heterocycles. The van der Waals surface area contributed by atoms with E-state index in [9.17, 15) is 15.0 Å². The van der Waals surface area contributed by atoms with E-state index in [1.165, 1.54) is 0 Å². The summed E-state index contributed by atoms with van der Waals surface area (Å²) in [5, 5.41) is 20.5. The zero-order valence-corrected chi connectivity index (χ0v) is 17.0. The number of allylic oxidation sites excluding steroid dienone is 2. The van der Waals surface area contributed by atoms with Gasteiger partial charge in [0.2, 0.25) is 0 Å². The van der Waals surface area contributed by atoms with Gasteiger partial charge in [-0.25, -0.2) is 4.79 Å². The van der Waals surface area contributed by atoms with Crippen LogP contribution in [0.1, 0.15) is 85.5 Å². The van der Waals surface area contributed by atoms with E-state index in [1.54, 1.807) is 0 Å². The first-order valence-corrected chi connectivity index (χ1v) is 10.4. The van der Waals surface area contributed by atoms with E-state index in [1.807, 2.05) is 0 Å². The fraction of sp³-hybridized carbons (Fsp3) is 0.857. The minimum Gasteiger partial charge on any atom is -0.477 e. The van der Waals surface area contributed by atoms with Crippen LogP contribution in [0, 0.1) is 0 Å². The van der Waals surface area contributed by atoms with Crippen LogP contribution in [0.4, 0.5) is 0 Å². The van der Waals surface area contributed by atoms with Crippen molar-refractivity contribution < 1.29 is 19.5 Å². The Hall–Kier alpha value is -0.870. The number of hydrogen-bond acceptors (Lipinski definition) is 2. The third kappa shape index (κ3) is 9.41. The Labute approximate surface area is 155 Å². The first-order chi connectivity index (χ1) is 12.0. The molecule has 0 aromatic rings. The lowest BCUT2D eigenvalue weighted by atomic mass is 10.0. The minimum atomic E-state index is -0.702. The zero-order valence-electron chi connectivity index (χ0n) is 17.0.